The van der Waals surface area contributed by atoms with Gasteiger partial charge in [0.25, 0.3) is 0 Å². The molecule has 0 amide bonds. The van der Waals surface area contributed by atoms with Crippen molar-refractivity contribution in [2.24, 2.45) is 0 Å². The molecule has 0 aromatic heterocycles. The van der Waals surface area contributed by atoms with Crippen LogP contribution in [0.5, 0.6) is 0 Å². The first-order chi connectivity index (χ1) is 6.33. The molecule has 0 unspecified atom stereocenters. The first kappa shape index (κ1) is 9.93. The second-order valence-electron chi connectivity index (χ2n) is 2.61. The molecule has 0 N–H and O–H groups in total. The summed E-state index contributed by atoms with van der Waals surface area (Å²) in [7, 11) is 0. The monoisotopic (exact) mass is 192 g/mol. The highest BCUT2D eigenvalue weighted by atomic mass is 32.1. The van der Waals surface area contributed by atoms with Gasteiger partial charge in [-0.1, -0.05) is 36.9 Å². The molecule has 1 rings (SSSR count). The van der Waals surface area contributed by atoms with Gasteiger partial charge in [-0.05, 0) is 23.9 Å². The third-order valence-corrected chi connectivity index (χ3v) is 1.93. The summed E-state index contributed by atoms with van der Waals surface area (Å²) in [5, 5.41) is 0.468. The molecule has 13 heavy (non-hydrogen) atoms. The smallest absolute Gasteiger partial charge is 0.183 e. The van der Waals surface area contributed by atoms with E-state index < -0.39 is 0 Å². The molecule has 0 aliphatic heterocycles. The van der Waals surface area contributed by atoms with Crippen LogP contribution in [0.1, 0.15) is 5.56 Å². The highest BCUT2D eigenvalue weighted by Gasteiger charge is 1.93. The molecule has 0 atom stereocenters. The standard InChI is InChI=1S/C11H12OS/c1-2-11(13)12-9-8-10-6-4-3-5-7-10/h2-7H,1,8-9H2. The number of thiocarbonyl (C=S) groups is 1. The molecule has 1 aromatic rings. The van der Waals surface area contributed by atoms with Gasteiger partial charge in [0.2, 0.25) is 0 Å². The molecule has 0 aliphatic carbocycles. The molecule has 1 aromatic carbocycles. The van der Waals surface area contributed by atoms with E-state index in [1.807, 2.05) is 18.2 Å². The van der Waals surface area contributed by atoms with Gasteiger partial charge in [0.15, 0.2) is 5.05 Å². The Bertz CT molecular complexity index is 279. The Labute approximate surface area is 84.0 Å². The Morgan fingerprint density at radius 2 is 2.08 bits per heavy atom. The Morgan fingerprint density at radius 1 is 1.38 bits per heavy atom. The normalized spacial score (nSPS) is 9.23. The van der Waals surface area contributed by atoms with E-state index in [0.29, 0.717) is 11.7 Å². The van der Waals surface area contributed by atoms with Crippen LogP contribution in [0.3, 0.4) is 0 Å². The zero-order chi connectivity index (χ0) is 9.52. The predicted octanol–water partition coefficient (Wildman–Crippen LogP) is 2.76. The van der Waals surface area contributed by atoms with E-state index in [4.69, 9.17) is 17.0 Å². The van der Waals surface area contributed by atoms with Crippen LogP contribution in [-0.2, 0) is 11.2 Å². The van der Waals surface area contributed by atoms with Gasteiger partial charge in [-0.3, -0.25) is 0 Å². The zero-order valence-electron chi connectivity index (χ0n) is 7.40. The van der Waals surface area contributed by atoms with Crippen LogP contribution in [0, 0.1) is 0 Å². The summed E-state index contributed by atoms with van der Waals surface area (Å²) in [6.45, 7) is 4.14. The summed E-state index contributed by atoms with van der Waals surface area (Å²) in [5.41, 5.74) is 1.26. The summed E-state index contributed by atoms with van der Waals surface area (Å²) in [6.07, 6.45) is 2.43. The SMILES string of the molecule is C=CC(=S)OCCc1ccccc1. The number of ether oxygens (including phenoxy) is 1. The van der Waals surface area contributed by atoms with Crippen molar-refractivity contribution < 1.29 is 4.74 Å². The van der Waals surface area contributed by atoms with Gasteiger partial charge >= 0.3 is 0 Å². The lowest BCUT2D eigenvalue weighted by molar-refractivity contribution is 0.320. The first-order valence-electron chi connectivity index (χ1n) is 4.16. The molecule has 0 fully saturated rings. The maximum Gasteiger partial charge on any atom is 0.183 e. The quantitative estimate of drug-likeness (QED) is 0.536. The minimum absolute atomic E-state index is 0.468. The predicted molar refractivity (Wildman–Crippen MR) is 58.9 cm³/mol. The van der Waals surface area contributed by atoms with Crippen LogP contribution in [-0.4, -0.2) is 11.7 Å². The third kappa shape index (κ3) is 3.85. The van der Waals surface area contributed by atoms with Crippen LogP contribution in [0.2, 0.25) is 0 Å². The lowest BCUT2D eigenvalue weighted by Crippen LogP contribution is -2.02. The van der Waals surface area contributed by atoms with Gasteiger partial charge in [0.05, 0.1) is 6.61 Å². The molecule has 2 heteroatoms. The van der Waals surface area contributed by atoms with E-state index in [0.717, 1.165) is 6.42 Å². The molecule has 0 heterocycles. The van der Waals surface area contributed by atoms with Crippen molar-refractivity contribution in [1.29, 1.82) is 0 Å². The van der Waals surface area contributed by atoms with Crippen molar-refractivity contribution in [3.05, 3.63) is 48.6 Å². The van der Waals surface area contributed by atoms with E-state index in [1.165, 1.54) is 5.56 Å². The van der Waals surface area contributed by atoms with Gasteiger partial charge in [0, 0.05) is 6.42 Å². The van der Waals surface area contributed by atoms with Crippen LogP contribution < -0.4 is 0 Å². The fourth-order valence-corrected chi connectivity index (χ4v) is 1.06. The largest absolute Gasteiger partial charge is 0.483 e. The molecule has 0 bridgehead atoms. The van der Waals surface area contributed by atoms with Gasteiger partial charge in [-0.15, -0.1) is 0 Å². The summed E-state index contributed by atoms with van der Waals surface area (Å²) >= 11 is 4.83. The van der Waals surface area contributed by atoms with Crippen LogP contribution in [0.15, 0.2) is 43.0 Å². The molecule has 68 valence electrons. The molecule has 1 nitrogen and oxygen atoms in total. The van der Waals surface area contributed by atoms with E-state index >= 15 is 0 Å². The molecular weight excluding hydrogens is 180 g/mol. The van der Waals surface area contributed by atoms with Gasteiger partial charge < -0.3 is 4.74 Å². The number of hydrogen-bond donors (Lipinski definition) is 0. The van der Waals surface area contributed by atoms with Gasteiger partial charge in [-0.25, -0.2) is 0 Å². The van der Waals surface area contributed by atoms with Crippen LogP contribution in [0.4, 0.5) is 0 Å². The van der Waals surface area contributed by atoms with Crippen LogP contribution >= 0.6 is 12.2 Å². The Kier molecular flexibility index (Phi) is 4.19. The van der Waals surface area contributed by atoms with E-state index in [-0.39, 0.29) is 0 Å². The summed E-state index contributed by atoms with van der Waals surface area (Å²) in [5.74, 6) is 0. The number of rotatable bonds is 4. The summed E-state index contributed by atoms with van der Waals surface area (Å²) in [6, 6.07) is 10.2. The van der Waals surface area contributed by atoms with Crippen molar-refractivity contribution in [3.63, 3.8) is 0 Å². The van der Waals surface area contributed by atoms with Gasteiger partial charge in [-0.2, -0.15) is 0 Å². The summed E-state index contributed by atoms with van der Waals surface area (Å²) in [4.78, 5) is 0. The minimum Gasteiger partial charge on any atom is -0.483 e. The molecule has 0 spiro atoms. The topological polar surface area (TPSA) is 9.23 Å². The van der Waals surface area contributed by atoms with Crippen molar-refractivity contribution in [3.8, 4) is 0 Å². The van der Waals surface area contributed by atoms with E-state index in [2.05, 4.69) is 18.7 Å². The fraction of sp³-hybridized carbons (Fsp3) is 0.182. The third-order valence-electron chi connectivity index (χ3n) is 1.64. The molecule has 0 saturated carbocycles. The molecule has 0 aliphatic rings. The van der Waals surface area contributed by atoms with Crippen molar-refractivity contribution in [2.75, 3.05) is 6.61 Å². The zero-order valence-corrected chi connectivity index (χ0v) is 8.22. The van der Waals surface area contributed by atoms with Crippen molar-refractivity contribution in [1.82, 2.24) is 0 Å². The molecule has 0 saturated heterocycles. The fourth-order valence-electron chi connectivity index (χ4n) is 0.973. The lowest BCUT2D eigenvalue weighted by atomic mass is 10.2. The second-order valence-corrected chi connectivity index (χ2v) is 3.01. The Hall–Kier alpha value is -1.15. The Morgan fingerprint density at radius 3 is 2.69 bits per heavy atom. The molecular formula is C11H12OS. The Balaban J connectivity index is 2.28. The van der Waals surface area contributed by atoms with Gasteiger partial charge in [0.1, 0.15) is 0 Å². The maximum atomic E-state index is 5.21. The average Bonchev–Trinajstić information content (AvgIpc) is 2.19. The van der Waals surface area contributed by atoms with Crippen molar-refractivity contribution in [2.45, 2.75) is 6.42 Å². The highest BCUT2D eigenvalue weighted by molar-refractivity contribution is 7.80. The highest BCUT2D eigenvalue weighted by Crippen LogP contribution is 1.99. The first-order valence-corrected chi connectivity index (χ1v) is 4.57. The molecule has 0 radical (unpaired) electrons. The van der Waals surface area contributed by atoms with E-state index in [1.54, 1.807) is 6.08 Å². The number of benzene rings is 1. The second kappa shape index (κ2) is 5.49. The van der Waals surface area contributed by atoms with Crippen LogP contribution in [0.25, 0.3) is 0 Å². The van der Waals surface area contributed by atoms with E-state index in [9.17, 15) is 0 Å². The average molecular weight is 192 g/mol. The lowest BCUT2D eigenvalue weighted by Gasteiger charge is -2.03. The summed E-state index contributed by atoms with van der Waals surface area (Å²) < 4.78 is 5.21. The number of hydrogen-bond acceptors (Lipinski definition) is 2. The maximum absolute atomic E-state index is 5.21. The minimum atomic E-state index is 0.468. The van der Waals surface area contributed by atoms with Crippen molar-refractivity contribution >= 4 is 17.3 Å².